The minimum absolute atomic E-state index is 0.241. The molecule has 0 spiro atoms. The Kier molecular flexibility index (Phi) is 5.57. The highest BCUT2D eigenvalue weighted by molar-refractivity contribution is 7.14. The predicted octanol–water partition coefficient (Wildman–Crippen LogP) is 2.47. The van der Waals surface area contributed by atoms with E-state index in [1.807, 2.05) is 19.9 Å². The van der Waals surface area contributed by atoms with Crippen molar-refractivity contribution < 1.29 is 9.59 Å². The van der Waals surface area contributed by atoms with Crippen molar-refractivity contribution in [3.05, 3.63) is 44.7 Å². The Labute approximate surface area is 172 Å². The van der Waals surface area contributed by atoms with Gasteiger partial charge in [0.05, 0.1) is 4.88 Å². The largest absolute Gasteiger partial charge is 0.279 e. The first-order chi connectivity index (χ1) is 14.0. The highest BCUT2D eigenvalue weighted by atomic mass is 32.1. The molecule has 1 aliphatic rings. The van der Waals surface area contributed by atoms with Gasteiger partial charge in [-0.2, -0.15) is 10.1 Å². The van der Waals surface area contributed by atoms with Crippen LogP contribution in [-0.2, 0) is 24.1 Å². The topological polar surface area (TPSA) is 101 Å². The molecule has 0 unspecified atom stereocenters. The van der Waals surface area contributed by atoms with Crippen LogP contribution in [0.2, 0.25) is 0 Å². The van der Waals surface area contributed by atoms with Gasteiger partial charge in [0, 0.05) is 22.7 Å². The fourth-order valence-corrected chi connectivity index (χ4v) is 4.93. The van der Waals surface area contributed by atoms with Crippen molar-refractivity contribution >= 4 is 28.9 Å². The molecule has 0 saturated heterocycles. The quantitative estimate of drug-likeness (QED) is 0.506. The highest BCUT2D eigenvalue weighted by Gasteiger charge is 2.17. The molecule has 2 amide bonds. The maximum Gasteiger partial charge on any atom is 0.279 e. The molecule has 1 aliphatic carbocycles. The van der Waals surface area contributed by atoms with Crippen molar-refractivity contribution in [3.63, 3.8) is 0 Å². The molecular weight excluding hydrogens is 388 g/mol. The zero-order chi connectivity index (χ0) is 20.4. The van der Waals surface area contributed by atoms with Crippen molar-refractivity contribution in [1.29, 1.82) is 0 Å². The maximum atomic E-state index is 12.4. The zero-order valence-electron chi connectivity index (χ0n) is 16.6. The van der Waals surface area contributed by atoms with Gasteiger partial charge in [0.25, 0.3) is 11.7 Å². The van der Waals surface area contributed by atoms with Gasteiger partial charge in [0.15, 0.2) is 0 Å². The van der Waals surface area contributed by atoms with Crippen LogP contribution in [0.15, 0.2) is 12.4 Å². The van der Waals surface area contributed by atoms with Crippen LogP contribution in [0.4, 0.5) is 0 Å². The number of carbonyl (C=O) groups is 2. The average Bonchev–Trinajstić information content (AvgIpc) is 3.27. The van der Waals surface area contributed by atoms with Gasteiger partial charge in [-0.3, -0.25) is 20.4 Å². The van der Waals surface area contributed by atoms with Gasteiger partial charge in [-0.1, -0.05) is 6.42 Å². The monoisotopic (exact) mass is 412 g/mol. The van der Waals surface area contributed by atoms with E-state index in [2.05, 4.69) is 25.9 Å². The number of fused-ring (bicyclic) bond motifs is 2. The van der Waals surface area contributed by atoms with Gasteiger partial charge < -0.3 is 0 Å². The summed E-state index contributed by atoms with van der Waals surface area (Å²) in [5, 5.41) is 4.16. The molecule has 0 saturated carbocycles. The van der Waals surface area contributed by atoms with Gasteiger partial charge in [-0.15, -0.1) is 11.3 Å². The Morgan fingerprint density at radius 1 is 1.17 bits per heavy atom. The number of aromatic nitrogens is 4. The standard InChI is InChI=1S/C20H24N6O2S/c1-12-15(13(2)26-20(23-12)21-11-22-26)8-9-18(27)24-25-19(28)17-10-14-6-4-3-5-7-16(14)29-17/h10-11H,3-9H2,1-2H3,(H,24,27)(H,25,28). The Bertz CT molecular complexity index is 1050. The lowest BCUT2D eigenvalue weighted by atomic mass is 10.1. The number of thiophene rings is 1. The Balaban J connectivity index is 1.33. The molecule has 152 valence electrons. The first kappa shape index (κ1) is 19.5. The van der Waals surface area contributed by atoms with Crippen LogP contribution in [0.5, 0.6) is 0 Å². The van der Waals surface area contributed by atoms with Gasteiger partial charge in [0.1, 0.15) is 6.33 Å². The van der Waals surface area contributed by atoms with Crippen molar-refractivity contribution in [2.24, 2.45) is 0 Å². The molecule has 0 aliphatic heterocycles. The molecule has 3 aromatic heterocycles. The van der Waals surface area contributed by atoms with Crippen molar-refractivity contribution in [3.8, 4) is 0 Å². The third-order valence-corrected chi connectivity index (χ3v) is 6.61. The number of hydrogen-bond donors (Lipinski definition) is 2. The molecule has 0 aromatic carbocycles. The molecule has 3 heterocycles. The molecular formula is C20H24N6O2S. The summed E-state index contributed by atoms with van der Waals surface area (Å²) >= 11 is 1.54. The lowest BCUT2D eigenvalue weighted by Crippen LogP contribution is -2.41. The number of amides is 2. The minimum Gasteiger partial charge on any atom is -0.273 e. The molecule has 2 N–H and O–H groups in total. The summed E-state index contributed by atoms with van der Waals surface area (Å²) in [7, 11) is 0. The number of rotatable bonds is 4. The van der Waals surface area contributed by atoms with Crippen LogP contribution in [0.25, 0.3) is 5.78 Å². The molecule has 29 heavy (non-hydrogen) atoms. The van der Waals surface area contributed by atoms with Crippen LogP contribution in [0.3, 0.4) is 0 Å². The summed E-state index contributed by atoms with van der Waals surface area (Å²) in [6.45, 7) is 3.84. The van der Waals surface area contributed by atoms with Gasteiger partial charge in [0.2, 0.25) is 5.91 Å². The van der Waals surface area contributed by atoms with Crippen LogP contribution in [0.1, 0.15) is 62.7 Å². The second kappa shape index (κ2) is 8.28. The second-order valence-corrected chi connectivity index (χ2v) is 8.49. The smallest absolute Gasteiger partial charge is 0.273 e. The van der Waals surface area contributed by atoms with Gasteiger partial charge in [-0.05, 0) is 63.1 Å². The Hall–Kier alpha value is -2.81. The molecule has 0 atom stereocenters. The lowest BCUT2D eigenvalue weighted by molar-refractivity contribution is -0.121. The van der Waals surface area contributed by atoms with E-state index in [1.165, 1.54) is 47.4 Å². The number of carbonyl (C=O) groups excluding carboxylic acids is 2. The molecule has 4 rings (SSSR count). The van der Waals surface area contributed by atoms with E-state index in [4.69, 9.17) is 0 Å². The van der Waals surface area contributed by atoms with E-state index in [-0.39, 0.29) is 18.2 Å². The van der Waals surface area contributed by atoms with Crippen LogP contribution in [0, 0.1) is 13.8 Å². The van der Waals surface area contributed by atoms with Gasteiger partial charge in [-0.25, -0.2) is 9.50 Å². The number of hydrazine groups is 1. The average molecular weight is 413 g/mol. The summed E-state index contributed by atoms with van der Waals surface area (Å²) in [5.74, 6) is 0.0539. The first-order valence-electron chi connectivity index (χ1n) is 9.89. The number of aryl methyl sites for hydroxylation is 4. The predicted molar refractivity (Wildman–Crippen MR) is 110 cm³/mol. The minimum atomic E-state index is -0.255. The van der Waals surface area contributed by atoms with E-state index in [0.717, 1.165) is 29.8 Å². The number of hydrogen-bond acceptors (Lipinski definition) is 6. The summed E-state index contributed by atoms with van der Waals surface area (Å²) in [6, 6.07) is 1.97. The third-order valence-electron chi connectivity index (χ3n) is 5.38. The third kappa shape index (κ3) is 4.14. The molecule has 8 nitrogen and oxygen atoms in total. The molecule has 0 radical (unpaired) electrons. The molecule has 9 heteroatoms. The van der Waals surface area contributed by atoms with E-state index in [9.17, 15) is 9.59 Å². The summed E-state index contributed by atoms with van der Waals surface area (Å²) in [6.07, 6.45) is 7.90. The SMILES string of the molecule is Cc1nc2ncnn2c(C)c1CCC(=O)NNC(=O)c1cc2c(s1)CCCCC2. The van der Waals surface area contributed by atoms with Crippen molar-refractivity contribution in [2.45, 2.75) is 58.8 Å². The summed E-state index contributed by atoms with van der Waals surface area (Å²) in [5.41, 5.74) is 9.07. The van der Waals surface area contributed by atoms with E-state index in [0.29, 0.717) is 17.1 Å². The normalized spacial score (nSPS) is 13.7. The van der Waals surface area contributed by atoms with E-state index < -0.39 is 0 Å². The Morgan fingerprint density at radius 2 is 2.00 bits per heavy atom. The molecule has 0 fully saturated rings. The fraction of sp³-hybridized carbons (Fsp3) is 0.450. The Morgan fingerprint density at radius 3 is 2.86 bits per heavy atom. The number of nitrogens with zero attached hydrogens (tertiary/aromatic N) is 4. The van der Waals surface area contributed by atoms with Crippen LogP contribution >= 0.6 is 11.3 Å². The van der Waals surface area contributed by atoms with Crippen LogP contribution in [-0.4, -0.2) is 31.4 Å². The van der Waals surface area contributed by atoms with E-state index in [1.54, 1.807) is 4.52 Å². The molecule has 3 aromatic rings. The summed E-state index contributed by atoms with van der Waals surface area (Å²) < 4.78 is 1.67. The van der Waals surface area contributed by atoms with Crippen molar-refractivity contribution in [2.75, 3.05) is 0 Å². The summed E-state index contributed by atoms with van der Waals surface area (Å²) in [4.78, 5) is 35.1. The highest BCUT2D eigenvalue weighted by Crippen LogP contribution is 2.28. The maximum absolute atomic E-state index is 12.4. The fourth-order valence-electron chi connectivity index (χ4n) is 3.79. The number of nitrogens with one attached hydrogen (secondary N) is 2. The second-order valence-electron chi connectivity index (χ2n) is 7.36. The van der Waals surface area contributed by atoms with Gasteiger partial charge >= 0.3 is 0 Å². The van der Waals surface area contributed by atoms with Crippen LogP contribution < -0.4 is 10.9 Å². The van der Waals surface area contributed by atoms with E-state index >= 15 is 0 Å². The van der Waals surface area contributed by atoms with Crippen molar-refractivity contribution in [1.82, 2.24) is 30.4 Å². The molecule has 0 bridgehead atoms. The first-order valence-corrected chi connectivity index (χ1v) is 10.7. The zero-order valence-corrected chi connectivity index (χ0v) is 17.4. The lowest BCUT2D eigenvalue weighted by Gasteiger charge is -2.11.